The summed E-state index contributed by atoms with van der Waals surface area (Å²) in [6.45, 7) is 7.46. The number of benzene rings is 1. The molecule has 74 valence electrons. The molecule has 0 bridgehead atoms. The van der Waals surface area contributed by atoms with Crippen molar-refractivity contribution < 1.29 is 2.85 Å². The molecule has 0 fully saturated rings. The standard InChI is InChI=1S/C11H16N2.2H2/c1-7(2)9-5-4-8(3)10-11(9)13-6-12-10;;/h4-5,7,12-13H,6H2,1-3H3;2*1H. The van der Waals surface area contributed by atoms with Gasteiger partial charge in [-0.25, -0.2) is 0 Å². The van der Waals surface area contributed by atoms with Crippen molar-refractivity contribution in [2.24, 2.45) is 0 Å². The van der Waals surface area contributed by atoms with Crippen molar-refractivity contribution in [1.82, 2.24) is 0 Å². The maximum atomic E-state index is 3.38. The third-order valence-electron chi connectivity index (χ3n) is 2.60. The summed E-state index contributed by atoms with van der Waals surface area (Å²) in [5.74, 6) is 0.585. The van der Waals surface area contributed by atoms with Crippen LogP contribution in [0.15, 0.2) is 12.1 Å². The Morgan fingerprint density at radius 2 is 1.92 bits per heavy atom. The summed E-state index contributed by atoms with van der Waals surface area (Å²) >= 11 is 0. The highest BCUT2D eigenvalue weighted by Crippen LogP contribution is 2.36. The first-order valence-electron chi connectivity index (χ1n) is 4.81. The smallest absolute Gasteiger partial charge is 0.0851 e. The molecule has 13 heavy (non-hydrogen) atoms. The van der Waals surface area contributed by atoms with E-state index < -0.39 is 0 Å². The van der Waals surface area contributed by atoms with E-state index in [1.807, 2.05) is 0 Å². The molecule has 0 saturated heterocycles. The second-order valence-corrected chi connectivity index (χ2v) is 3.91. The van der Waals surface area contributed by atoms with Crippen molar-refractivity contribution in [3.05, 3.63) is 23.3 Å². The minimum absolute atomic E-state index is 0. The van der Waals surface area contributed by atoms with Gasteiger partial charge in [-0.3, -0.25) is 0 Å². The Hall–Kier alpha value is -1.18. The third-order valence-corrected chi connectivity index (χ3v) is 2.60. The molecule has 2 rings (SSSR count). The zero-order valence-electron chi connectivity index (χ0n) is 8.44. The minimum Gasteiger partial charge on any atom is -0.366 e. The van der Waals surface area contributed by atoms with E-state index in [-0.39, 0.29) is 2.85 Å². The Morgan fingerprint density at radius 1 is 1.23 bits per heavy atom. The van der Waals surface area contributed by atoms with Crippen molar-refractivity contribution in [2.45, 2.75) is 26.7 Å². The Balaban J connectivity index is 0.000000980. The highest BCUT2D eigenvalue weighted by atomic mass is 15.1. The van der Waals surface area contributed by atoms with Crippen LogP contribution in [0.3, 0.4) is 0 Å². The van der Waals surface area contributed by atoms with Gasteiger partial charge in [-0.2, -0.15) is 0 Å². The summed E-state index contributed by atoms with van der Waals surface area (Å²) in [5, 5.41) is 6.73. The highest BCUT2D eigenvalue weighted by molar-refractivity contribution is 5.79. The molecular formula is C11H20N2. The lowest BCUT2D eigenvalue weighted by molar-refractivity contribution is 0.869. The van der Waals surface area contributed by atoms with Crippen molar-refractivity contribution in [3.8, 4) is 0 Å². The van der Waals surface area contributed by atoms with Gasteiger partial charge in [0, 0.05) is 2.85 Å². The number of anilines is 2. The lowest BCUT2D eigenvalue weighted by atomic mass is 9.98. The van der Waals surface area contributed by atoms with Gasteiger partial charge >= 0.3 is 0 Å². The van der Waals surface area contributed by atoms with E-state index in [0.717, 1.165) is 6.67 Å². The molecule has 1 heterocycles. The number of hydrogen-bond acceptors (Lipinski definition) is 2. The molecule has 2 nitrogen and oxygen atoms in total. The minimum atomic E-state index is 0. The molecule has 0 amide bonds. The van der Waals surface area contributed by atoms with Gasteiger partial charge in [-0.05, 0) is 24.0 Å². The van der Waals surface area contributed by atoms with E-state index in [9.17, 15) is 0 Å². The molecule has 1 aliphatic heterocycles. The molecule has 0 aliphatic carbocycles. The number of hydrogen-bond donors (Lipinski definition) is 2. The van der Waals surface area contributed by atoms with Gasteiger partial charge in [0.1, 0.15) is 0 Å². The first-order valence-corrected chi connectivity index (χ1v) is 4.81. The molecule has 1 aromatic carbocycles. The monoisotopic (exact) mass is 180 g/mol. The van der Waals surface area contributed by atoms with E-state index >= 15 is 0 Å². The maximum Gasteiger partial charge on any atom is 0.0851 e. The quantitative estimate of drug-likeness (QED) is 0.692. The normalized spacial score (nSPS) is 13.8. The number of nitrogens with one attached hydrogen (secondary N) is 2. The van der Waals surface area contributed by atoms with Gasteiger partial charge in [-0.15, -0.1) is 0 Å². The van der Waals surface area contributed by atoms with E-state index in [1.165, 1.54) is 22.5 Å². The van der Waals surface area contributed by atoms with E-state index in [0.29, 0.717) is 5.92 Å². The highest BCUT2D eigenvalue weighted by Gasteiger charge is 2.16. The van der Waals surface area contributed by atoms with Gasteiger partial charge in [0.15, 0.2) is 0 Å². The lowest BCUT2D eigenvalue weighted by Gasteiger charge is -2.12. The number of aryl methyl sites for hydroxylation is 1. The third kappa shape index (κ3) is 1.26. The number of rotatable bonds is 1. The van der Waals surface area contributed by atoms with E-state index in [2.05, 4.69) is 43.5 Å². The first-order chi connectivity index (χ1) is 6.20. The molecule has 0 unspecified atom stereocenters. The average Bonchev–Trinajstić information content (AvgIpc) is 2.53. The fraction of sp³-hybridized carbons (Fsp3) is 0.455. The Morgan fingerprint density at radius 3 is 2.62 bits per heavy atom. The van der Waals surface area contributed by atoms with Crippen LogP contribution in [0.2, 0.25) is 0 Å². The Labute approximate surface area is 82.3 Å². The van der Waals surface area contributed by atoms with Crippen LogP contribution >= 0.6 is 0 Å². The zero-order valence-corrected chi connectivity index (χ0v) is 8.44. The van der Waals surface area contributed by atoms with Crippen LogP contribution in [-0.2, 0) is 0 Å². The fourth-order valence-corrected chi connectivity index (χ4v) is 1.84. The average molecular weight is 180 g/mol. The molecule has 0 atom stereocenters. The van der Waals surface area contributed by atoms with Crippen LogP contribution in [0.4, 0.5) is 11.4 Å². The molecular weight excluding hydrogens is 160 g/mol. The maximum absolute atomic E-state index is 3.38. The second kappa shape index (κ2) is 2.95. The van der Waals surface area contributed by atoms with Crippen LogP contribution in [0.25, 0.3) is 0 Å². The van der Waals surface area contributed by atoms with Crippen LogP contribution in [0, 0.1) is 6.92 Å². The van der Waals surface area contributed by atoms with Crippen molar-refractivity contribution in [1.29, 1.82) is 0 Å². The molecule has 1 aliphatic rings. The van der Waals surface area contributed by atoms with Crippen LogP contribution in [-0.4, -0.2) is 6.67 Å². The van der Waals surface area contributed by atoms with E-state index in [1.54, 1.807) is 0 Å². The fourth-order valence-electron chi connectivity index (χ4n) is 1.84. The largest absolute Gasteiger partial charge is 0.366 e. The first kappa shape index (κ1) is 8.42. The van der Waals surface area contributed by atoms with Crippen molar-refractivity contribution in [3.63, 3.8) is 0 Å². The van der Waals surface area contributed by atoms with Crippen LogP contribution < -0.4 is 10.6 Å². The van der Waals surface area contributed by atoms with E-state index in [4.69, 9.17) is 0 Å². The summed E-state index contributed by atoms with van der Waals surface area (Å²) in [5.41, 5.74) is 5.32. The molecule has 0 radical (unpaired) electrons. The molecule has 2 heteroatoms. The van der Waals surface area contributed by atoms with Crippen LogP contribution in [0.1, 0.15) is 33.7 Å². The summed E-state index contributed by atoms with van der Waals surface area (Å²) < 4.78 is 0. The number of fused-ring (bicyclic) bond motifs is 1. The summed E-state index contributed by atoms with van der Waals surface area (Å²) in [7, 11) is 0. The lowest BCUT2D eigenvalue weighted by Crippen LogP contribution is -2.00. The molecule has 0 saturated carbocycles. The van der Waals surface area contributed by atoms with Gasteiger partial charge in [0.05, 0.1) is 18.0 Å². The second-order valence-electron chi connectivity index (χ2n) is 3.91. The Bertz CT molecular complexity index is 338. The predicted molar refractivity (Wildman–Crippen MR) is 61.6 cm³/mol. The summed E-state index contributed by atoms with van der Waals surface area (Å²) in [6.07, 6.45) is 0. The van der Waals surface area contributed by atoms with Crippen LogP contribution in [0.5, 0.6) is 0 Å². The molecule has 2 N–H and O–H groups in total. The SMILES string of the molecule is Cc1ccc(C(C)C)c2c1NCN2.[HH].[HH]. The summed E-state index contributed by atoms with van der Waals surface area (Å²) in [4.78, 5) is 0. The molecule has 0 spiro atoms. The van der Waals surface area contributed by atoms with Gasteiger partial charge < -0.3 is 10.6 Å². The summed E-state index contributed by atoms with van der Waals surface area (Å²) in [6, 6.07) is 4.41. The van der Waals surface area contributed by atoms with Crippen molar-refractivity contribution >= 4 is 11.4 Å². The topological polar surface area (TPSA) is 24.1 Å². The van der Waals surface area contributed by atoms with Gasteiger partial charge in [0.2, 0.25) is 0 Å². The van der Waals surface area contributed by atoms with Crippen molar-refractivity contribution in [2.75, 3.05) is 17.3 Å². The molecule has 0 aromatic heterocycles. The van der Waals surface area contributed by atoms with Gasteiger partial charge in [0.25, 0.3) is 0 Å². The Kier molecular flexibility index (Phi) is 1.91. The molecule has 1 aromatic rings. The predicted octanol–water partition coefficient (Wildman–Crippen LogP) is 3.41. The van der Waals surface area contributed by atoms with Gasteiger partial charge in [-0.1, -0.05) is 26.0 Å². The zero-order chi connectivity index (χ0) is 9.42.